The SMILES string of the molecule is CC1(C)C2OCCC2C1OC(=O)c1ccc(C#N)[nH]1. The highest BCUT2D eigenvalue weighted by Gasteiger charge is 2.61. The average molecular weight is 260 g/mol. The van der Waals surface area contributed by atoms with Crippen molar-refractivity contribution in [3.63, 3.8) is 0 Å². The number of esters is 1. The van der Waals surface area contributed by atoms with E-state index < -0.39 is 5.97 Å². The molecule has 0 bridgehead atoms. The van der Waals surface area contributed by atoms with Crippen LogP contribution in [-0.2, 0) is 9.47 Å². The Hall–Kier alpha value is -1.80. The van der Waals surface area contributed by atoms with Gasteiger partial charge in [-0.2, -0.15) is 5.26 Å². The van der Waals surface area contributed by atoms with Crippen LogP contribution in [0.4, 0.5) is 0 Å². The lowest BCUT2D eigenvalue weighted by molar-refractivity contribution is -0.183. The maximum Gasteiger partial charge on any atom is 0.355 e. The zero-order chi connectivity index (χ0) is 13.6. The number of ether oxygens (including phenoxy) is 2. The molecule has 2 heterocycles. The van der Waals surface area contributed by atoms with Crippen molar-refractivity contribution in [1.29, 1.82) is 5.26 Å². The minimum Gasteiger partial charge on any atom is -0.457 e. The second-order valence-electron chi connectivity index (χ2n) is 5.79. The number of H-pyrrole nitrogens is 1. The molecule has 1 N–H and O–H groups in total. The Morgan fingerprint density at radius 2 is 2.37 bits per heavy atom. The van der Waals surface area contributed by atoms with Crippen LogP contribution in [-0.4, -0.2) is 29.8 Å². The van der Waals surface area contributed by atoms with Gasteiger partial charge in [-0.3, -0.25) is 0 Å². The highest BCUT2D eigenvalue weighted by atomic mass is 16.6. The van der Waals surface area contributed by atoms with Crippen LogP contribution in [0.15, 0.2) is 12.1 Å². The second-order valence-corrected chi connectivity index (χ2v) is 5.79. The van der Waals surface area contributed by atoms with Crippen LogP contribution in [0.2, 0.25) is 0 Å². The van der Waals surface area contributed by atoms with E-state index in [1.807, 2.05) is 6.07 Å². The van der Waals surface area contributed by atoms with Crippen LogP contribution in [0.1, 0.15) is 36.5 Å². The summed E-state index contributed by atoms with van der Waals surface area (Å²) < 4.78 is 11.3. The van der Waals surface area contributed by atoms with E-state index in [1.165, 1.54) is 0 Å². The van der Waals surface area contributed by atoms with Gasteiger partial charge in [-0.1, -0.05) is 13.8 Å². The number of carbonyl (C=O) groups excluding carboxylic acids is 1. The average Bonchev–Trinajstić information content (AvgIpc) is 3.03. The summed E-state index contributed by atoms with van der Waals surface area (Å²) in [7, 11) is 0. The summed E-state index contributed by atoms with van der Waals surface area (Å²) in [6.07, 6.45) is 1.03. The molecule has 5 heteroatoms. The standard InChI is InChI=1S/C14H16N2O3/c1-14(2)11-9(5-6-18-11)12(14)19-13(17)10-4-3-8(7-15)16-10/h3-4,9,11-12,16H,5-6H2,1-2H3. The number of nitriles is 1. The highest BCUT2D eigenvalue weighted by Crippen LogP contribution is 2.53. The second kappa shape index (κ2) is 4.10. The summed E-state index contributed by atoms with van der Waals surface area (Å²) in [6, 6.07) is 5.11. The van der Waals surface area contributed by atoms with E-state index in [0.29, 0.717) is 17.3 Å². The minimum absolute atomic E-state index is 0.110. The van der Waals surface area contributed by atoms with E-state index >= 15 is 0 Å². The van der Waals surface area contributed by atoms with Gasteiger partial charge in [0.2, 0.25) is 0 Å². The maximum absolute atomic E-state index is 12.0. The van der Waals surface area contributed by atoms with E-state index in [4.69, 9.17) is 14.7 Å². The van der Waals surface area contributed by atoms with Crippen molar-refractivity contribution < 1.29 is 14.3 Å². The van der Waals surface area contributed by atoms with E-state index in [-0.39, 0.29) is 17.6 Å². The molecule has 0 spiro atoms. The highest BCUT2D eigenvalue weighted by molar-refractivity contribution is 5.88. The molecule has 1 aliphatic carbocycles. The molecule has 1 aromatic heterocycles. The van der Waals surface area contributed by atoms with Gasteiger partial charge in [0.1, 0.15) is 23.6 Å². The number of nitrogens with zero attached hydrogens (tertiary/aromatic N) is 1. The molecular formula is C14H16N2O3. The topological polar surface area (TPSA) is 75.1 Å². The minimum atomic E-state index is -0.398. The lowest BCUT2D eigenvalue weighted by atomic mass is 9.59. The molecule has 3 unspecified atom stereocenters. The van der Waals surface area contributed by atoms with Crippen molar-refractivity contribution in [3.05, 3.63) is 23.5 Å². The van der Waals surface area contributed by atoms with Gasteiger partial charge in [0, 0.05) is 17.9 Å². The van der Waals surface area contributed by atoms with Gasteiger partial charge in [0.25, 0.3) is 0 Å². The molecule has 2 fully saturated rings. The number of aromatic nitrogens is 1. The van der Waals surface area contributed by atoms with Gasteiger partial charge in [-0.25, -0.2) is 4.79 Å². The Labute approximate surface area is 111 Å². The normalized spacial score (nSPS) is 31.1. The predicted octanol–water partition coefficient (Wildman–Crippen LogP) is 1.86. The molecule has 0 aromatic carbocycles. The molecule has 100 valence electrons. The Morgan fingerprint density at radius 1 is 1.58 bits per heavy atom. The quantitative estimate of drug-likeness (QED) is 0.823. The van der Waals surface area contributed by atoms with E-state index in [0.717, 1.165) is 13.0 Å². The fourth-order valence-electron chi connectivity index (χ4n) is 3.28. The summed E-state index contributed by atoms with van der Waals surface area (Å²) in [4.78, 5) is 14.8. The van der Waals surface area contributed by atoms with Crippen molar-refractivity contribution >= 4 is 5.97 Å². The van der Waals surface area contributed by atoms with E-state index in [2.05, 4.69) is 18.8 Å². The van der Waals surface area contributed by atoms with Crippen molar-refractivity contribution in [3.8, 4) is 6.07 Å². The van der Waals surface area contributed by atoms with Crippen LogP contribution in [0.3, 0.4) is 0 Å². The Bertz CT molecular complexity index is 555. The van der Waals surface area contributed by atoms with Crippen molar-refractivity contribution in [2.24, 2.45) is 11.3 Å². The Kier molecular flexibility index (Phi) is 2.64. The molecule has 19 heavy (non-hydrogen) atoms. The molecule has 0 amide bonds. The van der Waals surface area contributed by atoms with Gasteiger partial charge >= 0.3 is 5.97 Å². The summed E-state index contributed by atoms with van der Waals surface area (Å²) in [5.74, 6) is -0.0886. The van der Waals surface area contributed by atoms with Crippen LogP contribution in [0.25, 0.3) is 0 Å². The zero-order valence-electron chi connectivity index (χ0n) is 11.0. The summed E-state index contributed by atoms with van der Waals surface area (Å²) >= 11 is 0. The predicted molar refractivity (Wildman–Crippen MR) is 66.3 cm³/mol. The summed E-state index contributed by atoms with van der Waals surface area (Å²) in [5, 5.41) is 8.73. The van der Waals surface area contributed by atoms with Gasteiger partial charge in [0.15, 0.2) is 0 Å². The van der Waals surface area contributed by atoms with Crippen molar-refractivity contribution in [2.75, 3.05) is 6.61 Å². The number of rotatable bonds is 2. The molecular weight excluding hydrogens is 244 g/mol. The molecule has 1 saturated heterocycles. The first-order chi connectivity index (χ1) is 9.04. The molecule has 0 radical (unpaired) electrons. The first kappa shape index (κ1) is 12.2. The van der Waals surface area contributed by atoms with Crippen molar-refractivity contribution in [1.82, 2.24) is 4.98 Å². The van der Waals surface area contributed by atoms with Gasteiger partial charge < -0.3 is 14.5 Å². The van der Waals surface area contributed by atoms with Crippen molar-refractivity contribution in [2.45, 2.75) is 32.5 Å². The number of hydrogen-bond acceptors (Lipinski definition) is 4. The zero-order valence-corrected chi connectivity index (χ0v) is 11.0. The molecule has 3 rings (SSSR count). The number of nitrogens with one attached hydrogen (secondary N) is 1. The lowest BCUT2D eigenvalue weighted by Crippen LogP contribution is -2.61. The third-order valence-electron chi connectivity index (χ3n) is 4.25. The third kappa shape index (κ3) is 1.75. The molecule has 3 atom stereocenters. The molecule has 1 aromatic rings. The fraction of sp³-hybridized carbons (Fsp3) is 0.571. The van der Waals surface area contributed by atoms with E-state index in [9.17, 15) is 4.79 Å². The monoisotopic (exact) mass is 260 g/mol. The Balaban J connectivity index is 1.72. The van der Waals surface area contributed by atoms with Crippen LogP contribution < -0.4 is 0 Å². The lowest BCUT2D eigenvalue weighted by Gasteiger charge is -2.53. The maximum atomic E-state index is 12.0. The van der Waals surface area contributed by atoms with Crippen LogP contribution in [0, 0.1) is 22.7 Å². The number of hydrogen-bond donors (Lipinski definition) is 1. The molecule has 2 aliphatic rings. The van der Waals surface area contributed by atoms with Crippen LogP contribution >= 0.6 is 0 Å². The molecule has 5 nitrogen and oxygen atoms in total. The van der Waals surface area contributed by atoms with Crippen LogP contribution in [0.5, 0.6) is 0 Å². The largest absolute Gasteiger partial charge is 0.457 e. The first-order valence-electron chi connectivity index (χ1n) is 6.45. The number of fused-ring (bicyclic) bond motifs is 1. The summed E-state index contributed by atoms with van der Waals surface area (Å²) in [6.45, 7) is 4.87. The molecule has 1 saturated carbocycles. The third-order valence-corrected chi connectivity index (χ3v) is 4.25. The van der Waals surface area contributed by atoms with Gasteiger partial charge in [-0.15, -0.1) is 0 Å². The van der Waals surface area contributed by atoms with Gasteiger partial charge in [-0.05, 0) is 18.6 Å². The molecule has 1 aliphatic heterocycles. The van der Waals surface area contributed by atoms with E-state index in [1.54, 1.807) is 12.1 Å². The van der Waals surface area contributed by atoms with Gasteiger partial charge in [0.05, 0.1) is 6.10 Å². The number of aromatic amines is 1. The summed E-state index contributed by atoms with van der Waals surface area (Å²) in [5.41, 5.74) is 0.554. The number of carbonyl (C=O) groups is 1. The fourth-order valence-corrected chi connectivity index (χ4v) is 3.28. The first-order valence-corrected chi connectivity index (χ1v) is 6.45. The smallest absolute Gasteiger partial charge is 0.355 e. The Morgan fingerprint density at radius 3 is 3.05 bits per heavy atom.